The van der Waals surface area contributed by atoms with Crippen molar-refractivity contribution < 1.29 is 9.47 Å². The van der Waals surface area contributed by atoms with Crippen LogP contribution in [-0.4, -0.2) is 19.8 Å². The minimum atomic E-state index is 0. The van der Waals surface area contributed by atoms with Crippen LogP contribution in [0, 0.1) is 11.3 Å². The van der Waals surface area contributed by atoms with Crippen molar-refractivity contribution in [3.05, 3.63) is 59.2 Å². The second-order valence-corrected chi connectivity index (χ2v) is 5.22. The van der Waals surface area contributed by atoms with Crippen LogP contribution in [0.5, 0.6) is 11.5 Å². The number of fused-ring (bicyclic) bond motifs is 1. The molecule has 0 saturated carbocycles. The van der Waals surface area contributed by atoms with Crippen LogP contribution in [0.1, 0.15) is 16.7 Å². The maximum Gasteiger partial charge on any atom is 0.161 e. The van der Waals surface area contributed by atoms with Gasteiger partial charge in [0.25, 0.3) is 0 Å². The summed E-state index contributed by atoms with van der Waals surface area (Å²) in [6.07, 6.45) is 0.925. The normalized spacial score (nSPS) is 12.1. The fraction of sp³-hybridized carbons (Fsp3) is 0.278. The van der Waals surface area contributed by atoms with Gasteiger partial charge in [0.15, 0.2) is 11.5 Å². The zero-order valence-electron chi connectivity index (χ0n) is 12.7. The van der Waals surface area contributed by atoms with Gasteiger partial charge < -0.3 is 14.8 Å². The molecule has 5 heteroatoms. The number of hydrogen-bond donors (Lipinski definition) is 1. The van der Waals surface area contributed by atoms with Crippen LogP contribution in [-0.2, 0) is 13.0 Å². The molecular weight excluding hydrogens is 312 g/mol. The molecule has 0 radical (unpaired) electrons. The Morgan fingerprint density at radius 3 is 2.65 bits per heavy atom. The van der Waals surface area contributed by atoms with Gasteiger partial charge in [-0.15, -0.1) is 12.4 Å². The molecule has 0 unspecified atom stereocenters. The Hall–Kier alpha value is -2.22. The van der Waals surface area contributed by atoms with Crippen molar-refractivity contribution >= 4 is 12.4 Å². The van der Waals surface area contributed by atoms with E-state index in [-0.39, 0.29) is 12.4 Å². The highest BCUT2D eigenvalue weighted by molar-refractivity contribution is 5.85. The van der Waals surface area contributed by atoms with Gasteiger partial charge in [-0.3, -0.25) is 0 Å². The molecule has 1 heterocycles. The molecule has 2 aromatic rings. The third-order valence-electron chi connectivity index (χ3n) is 3.58. The van der Waals surface area contributed by atoms with E-state index >= 15 is 0 Å². The fourth-order valence-corrected chi connectivity index (χ4v) is 2.46. The molecule has 120 valence electrons. The first-order valence-corrected chi connectivity index (χ1v) is 7.43. The lowest BCUT2D eigenvalue weighted by molar-refractivity contribution is 0.171. The quantitative estimate of drug-likeness (QED) is 0.856. The molecule has 3 rings (SSSR count). The van der Waals surface area contributed by atoms with Crippen LogP contribution in [0.2, 0.25) is 0 Å². The van der Waals surface area contributed by atoms with E-state index in [1.165, 1.54) is 5.56 Å². The summed E-state index contributed by atoms with van der Waals surface area (Å²) in [6, 6.07) is 15.9. The first-order chi connectivity index (χ1) is 10.8. The molecule has 23 heavy (non-hydrogen) atoms. The Morgan fingerprint density at radius 1 is 1.00 bits per heavy atom. The SMILES string of the molecule is Cl.N#Cc1cccc(CNCCc2ccc3c(c2)OCCO3)c1. The van der Waals surface area contributed by atoms with E-state index in [4.69, 9.17) is 14.7 Å². The summed E-state index contributed by atoms with van der Waals surface area (Å²) in [6.45, 7) is 2.87. The van der Waals surface area contributed by atoms with Gasteiger partial charge in [0.2, 0.25) is 0 Å². The van der Waals surface area contributed by atoms with E-state index in [0.717, 1.165) is 36.6 Å². The molecular formula is C18H19ClN2O2. The van der Waals surface area contributed by atoms with Crippen LogP contribution < -0.4 is 14.8 Å². The number of nitrogens with one attached hydrogen (secondary N) is 1. The molecule has 0 aromatic heterocycles. The summed E-state index contributed by atoms with van der Waals surface area (Å²) in [7, 11) is 0. The van der Waals surface area contributed by atoms with E-state index in [0.29, 0.717) is 18.8 Å². The third kappa shape index (κ3) is 4.62. The Bertz CT molecular complexity index is 698. The summed E-state index contributed by atoms with van der Waals surface area (Å²) < 4.78 is 11.1. The van der Waals surface area contributed by atoms with Gasteiger partial charge in [-0.25, -0.2) is 0 Å². The predicted octanol–water partition coefficient (Wildman–Crippen LogP) is 3.08. The van der Waals surface area contributed by atoms with E-state index < -0.39 is 0 Å². The van der Waals surface area contributed by atoms with Crippen LogP contribution >= 0.6 is 12.4 Å². The van der Waals surface area contributed by atoms with Crippen molar-refractivity contribution in [2.24, 2.45) is 0 Å². The van der Waals surface area contributed by atoms with Gasteiger partial charge in [-0.1, -0.05) is 18.2 Å². The highest BCUT2D eigenvalue weighted by Gasteiger charge is 2.11. The van der Waals surface area contributed by atoms with Crippen molar-refractivity contribution in [1.29, 1.82) is 5.26 Å². The van der Waals surface area contributed by atoms with Gasteiger partial charge in [-0.05, 0) is 48.4 Å². The molecule has 0 atom stereocenters. The van der Waals surface area contributed by atoms with Crippen LogP contribution in [0.4, 0.5) is 0 Å². The minimum absolute atomic E-state index is 0. The predicted molar refractivity (Wildman–Crippen MR) is 91.2 cm³/mol. The average molecular weight is 331 g/mol. The second-order valence-electron chi connectivity index (χ2n) is 5.22. The van der Waals surface area contributed by atoms with E-state index in [2.05, 4.69) is 17.5 Å². The Balaban J connectivity index is 0.00000192. The molecule has 2 aromatic carbocycles. The summed E-state index contributed by atoms with van der Waals surface area (Å²) in [5, 5.41) is 12.3. The molecule has 4 nitrogen and oxygen atoms in total. The van der Waals surface area contributed by atoms with E-state index in [9.17, 15) is 0 Å². The number of ether oxygens (including phenoxy) is 2. The first-order valence-electron chi connectivity index (χ1n) is 7.43. The Labute approximate surface area is 142 Å². The van der Waals surface area contributed by atoms with Gasteiger partial charge in [0.1, 0.15) is 13.2 Å². The molecule has 0 spiro atoms. The molecule has 0 bridgehead atoms. The Kier molecular flexibility index (Phi) is 6.28. The number of hydrogen-bond acceptors (Lipinski definition) is 4. The van der Waals surface area contributed by atoms with E-state index in [1.54, 1.807) is 0 Å². The van der Waals surface area contributed by atoms with Crippen molar-refractivity contribution in [2.45, 2.75) is 13.0 Å². The molecule has 1 aliphatic rings. The monoisotopic (exact) mass is 330 g/mol. The first kappa shape index (κ1) is 17.1. The standard InChI is InChI=1S/C18H18N2O2.ClH/c19-12-15-2-1-3-16(10-15)13-20-7-6-14-4-5-17-18(11-14)22-9-8-21-17;/h1-5,10-11,20H,6-9,13H2;1H. The fourth-order valence-electron chi connectivity index (χ4n) is 2.46. The third-order valence-corrected chi connectivity index (χ3v) is 3.58. The number of nitriles is 1. The molecule has 1 N–H and O–H groups in total. The second kappa shape index (κ2) is 8.42. The zero-order chi connectivity index (χ0) is 15.2. The van der Waals surface area contributed by atoms with Gasteiger partial charge in [0, 0.05) is 6.54 Å². The average Bonchev–Trinajstić information content (AvgIpc) is 2.59. The van der Waals surface area contributed by atoms with Crippen LogP contribution in [0.15, 0.2) is 42.5 Å². The summed E-state index contributed by atoms with van der Waals surface area (Å²) in [5.41, 5.74) is 3.05. The number of rotatable bonds is 5. The lowest BCUT2D eigenvalue weighted by atomic mass is 10.1. The topological polar surface area (TPSA) is 54.3 Å². The van der Waals surface area contributed by atoms with Crippen molar-refractivity contribution in [3.8, 4) is 17.6 Å². The van der Waals surface area contributed by atoms with Crippen LogP contribution in [0.3, 0.4) is 0 Å². The highest BCUT2D eigenvalue weighted by atomic mass is 35.5. The zero-order valence-corrected chi connectivity index (χ0v) is 13.6. The summed E-state index contributed by atoms with van der Waals surface area (Å²) in [5.74, 6) is 1.67. The highest BCUT2D eigenvalue weighted by Crippen LogP contribution is 2.30. The van der Waals surface area contributed by atoms with Gasteiger partial charge >= 0.3 is 0 Å². The molecule has 1 aliphatic heterocycles. The number of halogens is 1. The van der Waals surface area contributed by atoms with Crippen LogP contribution in [0.25, 0.3) is 0 Å². The minimum Gasteiger partial charge on any atom is -0.486 e. The van der Waals surface area contributed by atoms with Crippen molar-refractivity contribution in [3.63, 3.8) is 0 Å². The molecule has 0 amide bonds. The number of nitrogens with zero attached hydrogens (tertiary/aromatic N) is 1. The molecule has 0 fully saturated rings. The molecule has 0 saturated heterocycles. The smallest absolute Gasteiger partial charge is 0.161 e. The lowest BCUT2D eigenvalue weighted by Gasteiger charge is -2.18. The van der Waals surface area contributed by atoms with Crippen molar-refractivity contribution in [1.82, 2.24) is 5.32 Å². The Morgan fingerprint density at radius 2 is 1.83 bits per heavy atom. The summed E-state index contributed by atoms with van der Waals surface area (Å²) >= 11 is 0. The van der Waals surface area contributed by atoms with Gasteiger partial charge in [-0.2, -0.15) is 5.26 Å². The maximum absolute atomic E-state index is 8.89. The number of benzene rings is 2. The molecule has 0 aliphatic carbocycles. The van der Waals surface area contributed by atoms with E-state index in [1.807, 2.05) is 36.4 Å². The largest absolute Gasteiger partial charge is 0.486 e. The van der Waals surface area contributed by atoms with Crippen molar-refractivity contribution in [2.75, 3.05) is 19.8 Å². The lowest BCUT2D eigenvalue weighted by Crippen LogP contribution is -2.18. The van der Waals surface area contributed by atoms with Gasteiger partial charge in [0.05, 0.1) is 11.6 Å². The maximum atomic E-state index is 8.89. The summed E-state index contributed by atoms with van der Waals surface area (Å²) in [4.78, 5) is 0.